The third-order valence-electron chi connectivity index (χ3n) is 5.56. The van der Waals surface area contributed by atoms with E-state index in [1.165, 1.54) is 29.2 Å². The molecule has 0 spiro atoms. The maximum Gasteiger partial charge on any atom is 0.350 e. The van der Waals surface area contributed by atoms with E-state index in [4.69, 9.17) is 4.74 Å². The highest BCUT2D eigenvalue weighted by atomic mass is 19.1. The molecule has 0 aliphatic heterocycles. The molecule has 1 aliphatic carbocycles. The number of rotatable bonds is 8. The smallest absolute Gasteiger partial charge is 0.350 e. The van der Waals surface area contributed by atoms with Gasteiger partial charge in [0.25, 0.3) is 5.56 Å². The number of nitrogens with one attached hydrogen (secondary N) is 2. The maximum absolute atomic E-state index is 14.9. The Morgan fingerprint density at radius 2 is 1.97 bits per heavy atom. The number of fused-ring (bicyclic) bond motifs is 1. The zero-order chi connectivity index (χ0) is 23.3. The first-order chi connectivity index (χ1) is 15.3. The first kappa shape index (κ1) is 23.6. The van der Waals surface area contributed by atoms with Gasteiger partial charge in [-0.1, -0.05) is 25.3 Å². The van der Waals surface area contributed by atoms with Gasteiger partial charge in [0.05, 0.1) is 29.7 Å². The molecule has 0 saturated heterocycles. The van der Waals surface area contributed by atoms with E-state index in [0.717, 1.165) is 30.4 Å². The third kappa shape index (κ3) is 5.20. The Labute approximate surface area is 186 Å². The van der Waals surface area contributed by atoms with Gasteiger partial charge in [-0.3, -0.25) is 9.36 Å². The third-order valence-corrected chi connectivity index (χ3v) is 5.56. The number of hydrogen-bond donors (Lipinski definition) is 2. The van der Waals surface area contributed by atoms with Gasteiger partial charge in [-0.25, -0.2) is 14.0 Å². The van der Waals surface area contributed by atoms with Crippen molar-refractivity contribution >= 4 is 22.6 Å². The molecule has 2 N–H and O–H groups in total. The molecule has 0 unspecified atom stereocenters. The van der Waals surface area contributed by atoms with Crippen molar-refractivity contribution in [2.45, 2.75) is 65.0 Å². The Morgan fingerprint density at radius 3 is 2.62 bits per heavy atom. The van der Waals surface area contributed by atoms with Crippen LogP contribution in [0.4, 0.5) is 10.1 Å². The van der Waals surface area contributed by atoms with Gasteiger partial charge in [0.1, 0.15) is 5.82 Å². The van der Waals surface area contributed by atoms with E-state index in [1.54, 1.807) is 13.0 Å². The number of benzene rings is 1. The maximum atomic E-state index is 14.9. The predicted molar refractivity (Wildman–Crippen MR) is 123 cm³/mol. The molecule has 1 aromatic heterocycles. The Balaban J connectivity index is 1.98. The van der Waals surface area contributed by atoms with Crippen LogP contribution in [-0.2, 0) is 9.53 Å². The summed E-state index contributed by atoms with van der Waals surface area (Å²) in [5.74, 6) is -1.04. The Kier molecular flexibility index (Phi) is 7.71. The number of hydrogen-bond acceptors (Lipinski definition) is 6. The van der Waals surface area contributed by atoms with Crippen LogP contribution in [0, 0.1) is 5.82 Å². The molecule has 0 amide bonds. The van der Waals surface area contributed by atoms with E-state index >= 15 is 0 Å². The second-order valence-corrected chi connectivity index (χ2v) is 8.23. The minimum atomic E-state index is -0.644. The minimum Gasteiger partial charge on any atom is -0.463 e. The number of aromatic nitrogens is 2. The topological polar surface area (TPSA) is 94.4 Å². The fourth-order valence-electron chi connectivity index (χ4n) is 4.06. The number of carbonyl (C=O) groups is 1. The van der Waals surface area contributed by atoms with Crippen molar-refractivity contribution in [1.29, 1.82) is 0 Å². The molecule has 1 aliphatic rings. The Morgan fingerprint density at radius 1 is 1.25 bits per heavy atom. The summed E-state index contributed by atoms with van der Waals surface area (Å²) >= 11 is 0. The number of ether oxygens (including phenoxy) is 1. The average Bonchev–Trinajstić information content (AvgIpc) is 2.75. The molecule has 0 atom stereocenters. The number of halogens is 1. The van der Waals surface area contributed by atoms with E-state index in [2.05, 4.69) is 10.7 Å². The van der Waals surface area contributed by atoms with E-state index in [0.29, 0.717) is 11.2 Å². The van der Waals surface area contributed by atoms with Gasteiger partial charge < -0.3 is 15.5 Å². The highest BCUT2D eigenvalue weighted by Gasteiger charge is 2.20. The molecule has 1 aromatic carbocycles. The number of carbonyl (C=O) groups excluding carboxylic acids is 1. The summed E-state index contributed by atoms with van der Waals surface area (Å²) in [7, 11) is 0. The molecule has 32 heavy (non-hydrogen) atoms. The standard InChI is InChI=1S/C23H31FN4O4/c1-4-32-21(29)11-8-12-25-28-22(30)17-13-18(24)19(26-16-9-6-5-7-10-16)14-20(17)27(15(2)3)23(28)31/h8,11,13-16,25-26H,4-7,9-10,12H2,1-3H3. The van der Waals surface area contributed by atoms with Gasteiger partial charge in [-0.15, -0.1) is 0 Å². The van der Waals surface area contributed by atoms with Crippen LogP contribution in [-0.4, -0.2) is 34.4 Å². The summed E-state index contributed by atoms with van der Waals surface area (Å²) < 4.78 is 22.0. The van der Waals surface area contributed by atoms with Crippen molar-refractivity contribution in [3.8, 4) is 0 Å². The molecule has 9 heteroatoms. The molecule has 3 rings (SSSR count). The zero-order valence-electron chi connectivity index (χ0n) is 18.8. The monoisotopic (exact) mass is 446 g/mol. The van der Waals surface area contributed by atoms with Crippen molar-refractivity contribution in [3.63, 3.8) is 0 Å². The van der Waals surface area contributed by atoms with Gasteiger partial charge >= 0.3 is 11.7 Å². The van der Waals surface area contributed by atoms with E-state index < -0.39 is 23.0 Å². The lowest BCUT2D eigenvalue weighted by Gasteiger charge is -2.25. The van der Waals surface area contributed by atoms with Crippen LogP contribution in [0.1, 0.15) is 58.9 Å². The summed E-state index contributed by atoms with van der Waals surface area (Å²) in [5, 5.41) is 3.36. The molecular formula is C23H31FN4O4. The van der Waals surface area contributed by atoms with Crippen LogP contribution < -0.4 is 22.0 Å². The molecule has 1 heterocycles. The Bertz CT molecular complexity index is 1110. The van der Waals surface area contributed by atoms with Gasteiger partial charge in [-0.2, -0.15) is 4.68 Å². The normalized spacial score (nSPS) is 14.9. The molecule has 0 radical (unpaired) electrons. The largest absolute Gasteiger partial charge is 0.463 e. The second kappa shape index (κ2) is 10.5. The van der Waals surface area contributed by atoms with Crippen molar-refractivity contribution in [2.24, 2.45) is 0 Å². The number of esters is 1. The summed E-state index contributed by atoms with van der Waals surface area (Å²) in [6.45, 7) is 5.65. The summed E-state index contributed by atoms with van der Waals surface area (Å²) in [4.78, 5) is 37.5. The van der Waals surface area contributed by atoms with Gasteiger partial charge in [0.2, 0.25) is 0 Å². The predicted octanol–water partition coefficient (Wildman–Crippen LogP) is 3.29. The van der Waals surface area contributed by atoms with Crippen molar-refractivity contribution in [2.75, 3.05) is 23.9 Å². The molecule has 174 valence electrons. The van der Waals surface area contributed by atoms with Crippen molar-refractivity contribution < 1.29 is 13.9 Å². The number of anilines is 1. The zero-order valence-corrected chi connectivity index (χ0v) is 18.8. The van der Waals surface area contributed by atoms with Gasteiger partial charge in [-0.05, 0) is 45.7 Å². The lowest BCUT2D eigenvalue weighted by molar-refractivity contribution is -0.137. The van der Waals surface area contributed by atoms with Crippen molar-refractivity contribution in [3.05, 3.63) is 50.9 Å². The highest BCUT2D eigenvalue weighted by Crippen LogP contribution is 2.26. The van der Waals surface area contributed by atoms with E-state index in [9.17, 15) is 18.8 Å². The van der Waals surface area contributed by atoms with Crippen LogP contribution in [0.15, 0.2) is 33.9 Å². The summed E-state index contributed by atoms with van der Waals surface area (Å²) in [6.07, 6.45) is 8.00. The Hall–Kier alpha value is -3.10. The molecule has 1 saturated carbocycles. The minimum absolute atomic E-state index is 0.0430. The van der Waals surface area contributed by atoms with Gasteiger partial charge in [0, 0.05) is 18.2 Å². The summed E-state index contributed by atoms with van der Waals surface area (Å²) in [5.41, 5.74) is 2.19. The first-order valence-electron chi connectivity index (χ1n) is 11.2. The fraction of sp³-hybridized carbons (Fsp3) is 0.522. The summed E-state index contributed by atoms with van der Waals surface area (Å²) in [6, 6.07) is 2.67. The van der Waals surface area contributed by atoms with E-state index in [1.807, 2.05) is 13.8 Å². The van der Waals surface area contributed by atoms with Crippen molar-refractivity contribution in [1.82, 2.24) is 9.24 Å². The lowest BCUT2D eigenvalue weighted by Crippen LogP contribution is -2.45. The first-order valence-corrected chi connectivity index (χ1v) is 11.2. The highest BCUT2D eigenvalue weighted by molar-refractivity contribution is 5.83. The molecular weight excluding hydrogens is 415 g/mol. The van der Waals surface area contributed by atoms with Crippen LogP contribution in [0.5, 0.6) is 0 Å². The van der Waals surface area contributed by atoms with Crippen LogP contribution in [0.3, 0.4) is 0 Å². The van der Waals surface area contributed by atoms with E-state index in [-0.39, 0.29) is 30.6 Å². The SMILES string of the molecule is CCOC(=O)C=CCNn1c(=O)c2cc(F)c(NC3CCCCC3)cc2n(C(C)C)c1=O. The van der Waals surface area contributed by atoms with Crippen LogP contribution in [0.25, 0.3) is 10.9 Å². The molecule has 8 nitrogen and oxygen atoms in total. The number of nitrogens with zero attached hydrogens (tertiary/aromatic N) is 2. The van der Waals surface area contributed by atoms with Crippen LogP contribution in [0.2, 0.25) is 0 Å². The molecule has 2 aromatic rings. The molecule has 0 bridgehead atoms. The fourth-order valence-corrected chi connectivity index (χ4v) is 4.06. The molecule has 1 fully saturated rings. The second-order valence-electron chi connectivity index (χ2n) is 8.23. The quantitative estimate of drug-likeness (QED) is 0.477. The van der Waals surface area contributed by atoms with Crippen LogP contribution >= 0.6 is 0 Å². The van der Waals surface area contributed by atoms with Gasteiger partial charge in [0.15, 0.2) is 0 Å². The average molecular weight is 447 g/mol. The lowest BCUT2D eigenvalue weighted by atomic mass is 9.95.